The molecule has 0 amide bonds. The van der Waals surface area contributed by atoms with Crippen molar-refractivity contribution < 1.29 is 9.53 Å². The fraction of sp³-hybridized carbons (Fsp3) is 0.529. The van der Waals surface area contributed by atoms with Gasteiger partial charge in [-0.15, -0.1) is 11.8 Å². The lowest BCUT2D eigenvalue weighted by Crippen LogP contribution is -2.26. The second-order valence-electron chi connectivity index (χ2n) is 5.46. The van der Waals surface area contributed by atoms with Crippen LogP contribution in [0.15, 0.2) is 24.3 Å². The van der Waals surface area contributed by atoms with Crippen LogP contribution in [0, 0.1) is 11.3 Å². The lowest BCUT2D eigenvalue weighted by atomic mass is 9.98. The fourth-order valence-corrected chi connectivity index (χ4v) is 3.28. The van der Waals surface area contributed by atoms with Crippen molar-refractivity contribution in [2.75, 3.05) is 0 Å². The highest BCUT2D eigenvalue weighted by Gasteiger charge is 2.21. The largest absolute Gasteiger partial charge is 0.462 e. The Bertz CT molecular complexity index is 518. The number of thioether (sulfide) groups is 1. The molecule has 21 heavy (non-hydrogen) atoms. The zero-order valence-corrected chi connectivity index (χ0v) is 13.2. The molecule has 1 aromatic rings. The van der Waals surface area contributed by atoms with Crippen molar-refractivity contribution in [2.24, 2.45) is 0 Å². The maximum Gasteiger partial charge on any atom is 0.319 e. The third-order valence-corrected chi connectivity index (χ3v) is 4.92. The molecule has 1 aliphatic rings. The van der Waals surface area contributed by atoms with Crippen LogP contribution in [0.4, 0.5) is 0 Å². The number of benzene rings is 1. The number of carbonyl (C=O) groups excluding carboxylic acids is 1. The van der Waals surface area contributed by atoms with Gasteiger partial charge in [-0.3, -0.25) is 4.79 Å². The summed E-state index contributed by atoms with van der Waals surface area (Å²) in [5, 5.41) is 8.71. The predicted molar refractivity (Wildman–Crippen MR) is 84.9 cm³/mol. The zero-order chi connectivity index (χ0) is 15.1. The standard InChI is InChI=1S/C17H21NO2S/c1-13(17(19)20-16-8-3-2-4-9-16)21-12-15-7-5-6-14(10-15)11-18/h5-7,10,13,16H,2-4,8-9,12H2,1H3. The van der Waals surface area contributed by atoms with Crippen LogP contribution in [0.1, 0.15) is 50.2 Å². The van der Waals surface area contributed by atoms with E-state index in [1.807, 2.05) is 25.1 Å². The monoisotopic (exact) mass is 303 g/mol. The van der Waals surface area contributed by atoms with Gasteiger partial charge in [0.05, 0.1) is 16.9 Å². The van der Waals surface area contributed by atoms with Crippen LogP contribution in [0.25, 0.3) is 0 Å². The van der Waals surface area contributed by atoms with E-state index in [0.29, 0.717) is 5.56 Å². The summed E-state index contributed by atoms with van der Waals surface area (Å²) in [7, 11) is 0. The number of esters is 1. The van der Waals surface area contributed by atoms with E-state index in [-0.39, 0.29) is 17.3 Å². The predicted octanol–water partition coefficient (Wildman–Crippen LogP) is 4.06. The summed E-state index contributed by atoms with van der Waals surface area (Å²) >= 11 is 1.56. The van der Waals surface area contributed by atoms with Crippen molar-refractivity contribution >= 4 is 17.7 Å². The van der Waals surface area contributed by atoms with E-state index in [0.717, 1.165) is 24.2 Å². The first-order chi connectivity index (χ1) is 10.2. The minimum absolute atomic E-state index is 0.108. The molecule has 0 saturated heterocycles. The molecule has 2 rings (SSSR count). The van der Waals surface area contributed by atoms with E-state index < -0.39 is 0 Å². The van der Waals surface area contributed by atoms with Crippen LogP contribution in [-0.2, 0) is 15.3 Å². The van der Waals surface area contributed by atoms with Crippen LogP contribution in [0.5, 0.6) is 0 Å². The van der Waals surface area contributed by atoms with Gasteiger partial charge < -0.3 is 4.74 Å². The second-order valence-corrected chi connectivity index (χ2v) is 6.79. The van der Waals surface area contributed by atoms with Gasteiger partial charge in [-0.1, -0.05) is 18.6 Å². The van der Waals surface area contributed by atoms with Gasteiger partial charge >= 0.3 is 5.97 Å². The first-order valence-corrected chi connectivity index (χ1v) is 8.55. The molecular weight excluding hydrogens is 282 g/mol. The third kappa shape index (κ3) is 5.09. The Morgan fingerprint density at radius 3 is 2.90 bits per heavy atom. The molecule has 1 unspecified atom stereocenters. The maximum atomic E-state index is 12.1. The van der Waals surface area contributed by atoms with Gasteiger partial charge in [0.25, 0.3) is 0 Å². The van der Waals surface area contributed by atoms with Crippen molar-refractivity contribution in [1.29, 1.82) is 5.26 Å². The average Bonchev–Trinajstić information content (AvgIpc) is 2.53. The van der Waals surface area contributed by atoms with E-state index in [9.17, 15) is 4.79 Å². The van der Waals surface area contributed by atoms with Gasteiger partial charge in [-0.05, 0) is 50.3 Å². The number of nitriles is 1. The Morgan fingerprint density at radius 1 is 1.43 bits per heavy atom. The Hall–Kier alpha value is -1.47. The summed E-state index contributed by atoms with van der Waals surface area (Å²) in [5.74, 6) is 0.611. The topological polar surface area (TPSA) is 50.1 Å². The molecule has 1 aromatic carbocycles. The number of hydrogen-bond acceptors (Lipinski definition) is 4. The lowest BCUT2D eigenvalue weighted by molar-refractivity contribution is -0.149. The zero-order valence-electron chi connectivity index (χ0n) is 12.4. The van der Waals surface area contributed by atoms with Crippen LogP contribution < -0.4 is 0 Å². The maximum absolute atomic E-state index is 12.1. The first-order valence-electron chi connectivity index (χ1n) is 7.50. The number of carbonyl (C=O) groups is 1. The highest BCUT2D eigenvalue weighted by atomic mass is 32.2. The minimum atomic E-state index is -0.169. The SMILES string of the molecule is CC(SCc1cccc(C#N)c1)C(=O)OC1CCCCC1. The number of hydrogen-bond donors (Lipinski definition) is 0. The van der Waals surface area contributed by atoms with Crippen molar-refractivity contribution in [3.63, 3.8) is 0 Å². The molecule has 1 fully saturated rings. The molecule has 3 nitrogen and oxygen atoms in total. The Morgan fingerprint density at radius 2 is 2.19 bits per heavy atom. The smallest absolute Gasteiger partial charge is 0.319 e. The first kappa shape index (κ1) is 15.9. The van der Waals surface area contributed by atoms with E-state index in [1.54, 1.807) is 17.8 Å². The summed E-state index contributed by atoms with van der Waals surface area (Å²) in [6.45, 7) is 1.89. The molecule has 112 valence electrons. The summed E-state index contributed by atoms with van der Waals surface area (Å²) in [4.78, 5) is 12.1. The Balaban J connectivity index is 1.79. The molecule has 1 aliphatic carbocycles. The molecule has 0 aromatic heterocycles. The van der Waals surface area contributed by atoms with Crippen molar-refractivity contribution in [2.45, 2.75) is 56.1 Å². The Kier molecular flexibility index (Phi) is 6.13. The molecule has 1 saturated carbocycles. The Labute approximate surface area is 130 Å². The molecule has 4 heteroatoms. The van der Waals surface area contributed by atoms with Gasteiger partial charge in [0.2, 0.25) is 0 Å². The number of nitrogens with zero attached hydrogens (tertiary/aromatic N) is 1. The van der Waals surface area contributed by atoms with Gasteiger partial charge in [0, 0.05) is 5.75 Å². The molecule has 0 aliphatic heterocycles. The van der Waals surface area contributed by atoms with Crippen molar-refractivity contribution in [3.05, 3.63) is 35.4 Å². The summed E-state index contributed by atoms with van der Waals surface area (Å²) in [5.41, 5.74) is 1.72. The molecule has 0 spiro atoms. The van der Waals surface area contributed by atoms with Gasteiger partial charge in [0.15, 0.2) is 0 Å². The van der Waals surface area contributed by atoms with E-state index in [2.05, 4.69) is 6.07 Å². The number of ether oxygens (including phenoxy) is 1. The molecular formula is C17H21NO2S. The normalized spacial score (nSPS) is 17.0. The molecule has 0 bridgehead atoms. The highest BCUT2D eigenvalue weighted by molar-refractivity contribution is 7.99. The van der Waals surface area contributed by atoms with E-state index in [4.69, 9.17) is 10.00 Å². The second kappa shape index (κ2) is 8.09. The molecule has 0 heterocycles. The summed E-state index contributed by atoms with van der Waals surface area (Å²) in [6.07, 6.45) is 5.73. The third-order valence-electron chi connectivity index (χ3n) is 3.72. The van der Waals surface area contributed by atoms with E-state index >= 15 is 0 Å². The van der Waals surface area contributed by atoms with Crippen LogP contribution in [0.2, 0.25) is 0 Å². The van der Waals surface area contributed by atoms with Gasteiger partial charge in [-0.25, -0.2) is 0 Å². The van der Waals surface area contributed by atoms with Crippen molar-refractivity contribution in [3.8, 4) is 6.07 Å². The highest BCUT2D eigenvalue weighted by Crippen LogP contribution is 2.24. The summed E-state index contributed by atoms with van der Waals surface area (Å²) < 4.78 is 5.57. The average molecular weight is 303 g/mol. The molecule has 0 radical (unpaired) electrons. The van der Waals surface area contributed by atoms with Crippen LogP contribution in [-0.4, -0.2) is 17.3 Å². The quantitative estimate of drug-likeness (QED) is 0.770. The fourth-order valence-electron chi connectivity index (χ4n) is 2.46. The molecule has 1 atom stereocenters. The van der Waals surface area contributed by atoms with Gasteiger partial charge in [-0.2, -0.15) is 5.26 Å². The summed E-state index contributed by atoms with van der Waals surface area (Å²) in [6, 6.07) is 9.64. The lowest BCUT2D eigenvalue weighted by Gasteiger charge is -2.23. The van der Waals surface area contributed by atoms with Crippen molar-refractivity contribution in [1.82, 2.24) is 0 Å². The number of rotatable bonds is 5. The van der Waals surface area contributed by atoms with Gasteiger partial charge in [0.1, 0.15) is 6.10 Å². The minimum Gasteiger partial charge on any atom is -0.462 e. The van der Waals surface area contributed by atoms with E-state index in [1.165, 1.54) is 19.3 Å². The van der Waals surface area contributed by atoms with Crippen LogP contribution >= 0.6 is 11.8 Å². The van der Waals surface area contributed by atoms with Crippen LogP contribution in [0.3, 0.4) is 0 Å². The molecule has 0 N–H and O–H groups in total.